The molecule has 0 amide bonds. The third kappa shape index (κ3) is 20.1. The highest BCUT2D eigenvalue weighted by Crippen LogP contribution is 2.32. The van der Waals surface area contributed by atoms with Crippen molar-refractivity contribution < 1.29 is 49.9 Å². The highest BCUT2D eigenvalue weighted by Gasteiger charge is 2.19. The summed E-state index contributed by atoms with van der Waals surface area (Å²) < 4.78 is 12.3. The third-order valence-electron chi connectivity index (χ3n) is 10.8. The third-order valence-corrected chi connectivity index (χ3v) is 15.4. The maximum atomic E-state index is 11.1. The topological polar surface area (TPSA) is 328 Å². The van der Waals surface area contributed by atoms with Crippen LogP contribution < -0.4 is 10.5 Å². The molecule has 7 aromatic heterocycles. The van der Waals surface area contributed by atoms with Crippen LogP contribution in [-0.2, 0) is 25.7 Å². The minimum atomic E-state index is -1.54. The number of thiazole rings is 4. The predicted molar refractivity (Wildman–Crippen MR) is 331 cm³/mol. The van der Waals surface area contributed by atoms with Gasteiger partial charge >= 0.3 is 7.12 Å². The molecule has 9 aromatic rings. The minimum Gasteiger partial charge on any atom is -0.507 e. The standard InChI is InChI=1S/C17H17N3O3S.C10H12ClN3S.C10H13N3OS.C7H6O3.C6H13BN2O2.C4H4BrNOS/c1-11(2)20-13(6-7-19-20)17-16(24-10-18-17)9-23-15-5-3-4-14(22)12(15)8-21;1-7(2)14-8(3-4-13-14)10-9(5-11)15-6-12-10;1-7(2)13-8(3-4-12-13)10-9(5-14)15-6-11-10;8-4-5-6(9)2-1-3-7(5)10;1-5(2)9-6(3-4-8)7(10)11;5-4-3(1-7)8-2-6-4/h3-8,10-11,22H,9H2,1-2H3;3-4,6-7H,5H2,1-2H3;3-4,6-7,14H,5H2,1-2H3;1-4,9-10H;3-5,10-11H,8H2,1-2H3;2,7H,1H2. The zero-order chi connectivity index (χ0) is 61.2. The van der Waals surface area contributed by atoms with Gasteiger partial charge in [0.1, 0.15) is 51.3 Å². The molecule has 0 spiro atoms. The van der Waals surface area contributed by atoms with Crippen LogP contribution in [0.2, 0.25) is 0 Å². The molecule has 0 radical (unpaired) electrons. The van der Waals surface area contributed by atoms with E-state index in [1.807, 2.05) is 51.6 Å². The Morgan fingerprint density at radius 1 is 0.639 bits per heavy atom. The van der Waals surface area contributed by atoms with Gasteiger partial charge in [0.2, 0.25) is 0 Å². The van der Waals surface area contributed by atoms with Crippen molar-refractivity contribution in [2.75, 3.05) is 0 Å². The molecule has 2 aromatic carbocycles. The van der Waals surface area contributed by atoms with Gasteiger partial charge in [0.25, 0.3) is 0 Å². The lowest BCUT2D eigenvalue weighted by Gasteiger charge is -2.12. The Morgan fingerprint density at radius 2 is 1.05 bits per heavy atom. The van der Waals surface area contributed by atoms with Crippen LogP contribution in [0, 0.1) is 0 Å². The number of carbonyl (C=O) groups excluding carboxylic acids is 2. The van der Waals surface area contributed by atoms with Crippen molar-refractivity contribution in [2.24, 2.45) is 10.7 Å². The molecule has 0 bridgehead atoms. The number of carbonyl (C=O) groups is 2. The predicted octanol–water partition coefficient (Wildman–Crippen LogP) is 10.7. The maximum Gasteiger partial charge on any atom is 0.507 e. The zero-order valence-electron chi connectivity index (χ0n) is 46.5. The first-order valence-electron chi connectivity index (χ1n) is 25.2. The average Bonchev–Trinajstić information content (AvgIpc) is 4.53. The van der Waals surface area contributed by atoms with E-state index < -0.39 is 7.12 Å². The van der Waals surface area contributed by atoms with Gasteiger partial charge in [-0.15, -0.1) is 56.9 Å². The van der Waals surface area contributed by atoms with Gasteiger partial charge in [0.15, 0.2) is 12.6 Å². The van der Waals surface area contributed by atoms with Crippen LogP contribution >= 0.6 is 72.9 Å². The molecule has 0 saturated carbocycles. The first-order chi connectivity index (χ1) is 39.8. The normalized spacial score (nSPS) is 11.0. The molecule has 7 heterocycles. The lowest BCUT2D eigenvalue weighted by Crippen LogP contribution is -2.25. The van der Waals surface area contributed by atoms with Crippen LogP contribution in [0.15, 0.2) is 117 Å². The lowest BCUT2D eigenvalue weighted by atomic mass is 9.83. The molecule has 9 N–H and O–H groups in total. The fourth-order valence-corrected chi connectivity index (χ4v) is 10.4. The summed E-state index contributed by atoms with van der Waals surface area (Å²) in [5.41, 5.74) is 17.9. The molecular formula is C54H65BBrClN12O10S4. The molecule has 0 aliphatic carbocycles. The summed E-state index contributed by atoms with van der Waals surface area (Å²) in [7, 11) is -1.54. The van der Waals surface area contributed by atoms with Gasteiger partial charge in [-0.05, 0) is 126 Å². The number of hydrogen-bond acceptors (Lipinski definition) is 23. The van der Waals surface area contributed by atoms with Gasteiger partial charge in [0.05, 0.1) is 89.6 Å². The number of ether oxygens (including phenoxy) is 1. The van der Waals surface area contributed by atoms with Crippen molar-refractivity contribution in [3.8, 4) is 57.2 Å². The fraction of sp³-hybridized carbons (Fsp3) is 0.296. The van der Waals surface area contributed by atoms with E-state index in [1.54, 1.807) is 58.6 Å². The molecule has 29 heteroatoms. The SMILES string of the molecule is CC(C)N=C(C=CN)B(O)O.CC(C)n1nccc1-c1ncsc1CCl.CC(C)n1nccc1-c1ncsc1CO.CC(C)n1nccc1-c1ncsc1COc1cccc(O)c1C=O.O=Cc1c(O)cccc1O.OCc1scnc1Br. The van der Waals surface area contributed by atoms with Crippen molar-refractivity contribution in [2.45, 2.75) is 105 Å². The molecule has 22 nitrogen and oxygen atoms in total. The number of phenols is 3. The quantitative estimate of drug-likeness (QED) is 0.0182. The summed E-state index contributed by atoms with van der Waals surface area (Å²) in [6.45, 7) is 16.5. The lowest BCUT2D eigenvalue weighted by molar-refractivity contribution is 0.110. The number of halogens is 2. The smallest absolute Gasteiger partial charge is 0.507 e. The number of nitrogens with zero attached hydrogens (tertiary/aromatic N) is 11. The second kappa shape index (κ2) is 35.2. The second-order valence-corrected chi connectivity index (χ2v) is 22.7. The molecule has 9 rings (SSSR count). The number of alkyl halides is 1. The van der Waals surface area contributed by atoms with Crippen molar-refractivity contribution in [1.82, 2.24) is 49.3 Å². The van der Waals surface area contributed by atoms with Crippen LogP contribution in [0.25, 0.3) is 34.2 Å². The van der Waals surface area contributed by atoms with E-state index in [2.05, 4.69) is 97.7 Å². The Bertz CT molecular complexity index is 3340. The van der Waals surface area contributed by atoms with Crippen LogP contribution in [0.3, 0.4) is 0 Å². The monoisotopic (exact) mass is 1290 g/mol. The Kier molecular flexibility index (Phi) is 29.1. The summed E-state index contributed by atoms with van der Waals surface area (Å²) in [5, 5.41) is 75.5. The van der Waals surface area contributed by atoms with E-state index >= 15 is 0 Å². The van der Waals surface area contributed by atoms with Crippen molar-refractivity contribution >= 4 is 98.2 Å². The number of allylic oxidation sites excluding steroid dienone is 1. The highest BCUT2D eigenvalue weighted by molar-refractivity contribution is 9.10. The fourth-order valence-electron chi connectivity index (χ4n) is 7.02. The molecule has 442 valence electrons. The first-order valence-corrected chi connectivity index (χ1v) is 30.0. The Balaban J connectivity index is 0.000000223. The number of aliphatic hydroxyl groups excluding tert-OH is 2. The van der Waals surface area contributed by atoms with Crippen molar-refractivity contribution in [3.63, 3.8) is 0 Å². The number of aliphatic hydroxyl groups is 2. The first kappa shape index (κ1) is 68.5. The zero-order valence-corrected chi connectivity index (χ0v) is 52.1. The Hall–Kier alpha value is -6.99. The van der Waals surface area contributed by atoms with Gasteiger partial charge < -0.3 is 46.1 Å². The van der Waals surface area contributed by atoms with Gasteiger partial charge in [-0.3, -0.25) is 28.6 Å². The molecule has 83 heavy (non-hydrogen) atoms. The van der Waals surface area contributed by atoms with Gasteiger partial charge in [-0.25, -0.2) is 19.9 Å². The molecule has 0 aliphatic heterocycles. The number of hydrogen-bond donors (Lipinski definition) is 8. The number of aliphatic imine (C=N–C) groups is 1. The van der Waals surface area contributed by atoms with E-state index in [0.717, 1.165) is 58.3 Å². The number of aromatic hydroxyl groups is 3. The molecular weight excluding hydrogens is 1230 g/mol. The van der Waals surface area contributed by atoms with Crippen LogP contribution in [0.5, 0.6) is 23.0 Å². The minimum absolute atomic E-state index is 0.0306. The number of aromatic nitrogens is 10. The van der Waals surface area contributed by atoms with Gasteiger partial charge in [0, 0.05) is 47.6 Å². The Morgan fingerprint density at radius 3 is 1.42 bits per heavy atom. The van der Waals surface area contributed by atoms with E-state index in [-0.39, 0.29) is 65.9 Å². The maximum absolute atomic E-state index is 11.1. The van der Waals surface area contributed by atoms with Crippen molar-refractivity contribution in [3.05, 3.63) is 143 Å². The molecule has 0 aliphatic rings. The molecule has 0 atom stereocenters. The number of aldehydes is 2. The summed E-state index contributed by atoms with van der Waals surface area (Å²) >= 11 is 15.0. The largest absolute Gasteiger partial charge is 0.507 e. The average molecular weight is 1300 g/mol. The molecule has 0 fully saturated rings. The van der Waals surface area contributed by atoms with E-state index in [4.69, 9.17) is 47.4 Å². The Labute approximate surface area is 509 Å². The van der Waals surface area contributed by atoms with E-state index in [1.165, 1.54) is 70.6 Å². The number of nitrogens with two attached hydrogens (primary N) is 1. The van der Waals surface area contributed by atoms with Gasteiger partial charge in [-0.1, -0.05) is 12.1 Å². The van der Waals surface area contributed by atoms with Crippen molar-refractivity contribution in [1.29, 1.82) is 0 Å². The number of benzene rings is 2. The molecule has 0 unspecified atom stereocenters. The highest BCUT2D eigenvalue weighted by atomic mass is 79.9. The van der Waals surface area contributed by atoms with E-state index in [9.17, 15) is 19.8 Å². The van der Waals surface area contributed by atoms with Gasteiger partial charge in [-0.2, -0.15) is 15.3 Å². The summed E-state index contributed by atoms with van der Waals surface area (Å²) in [5.74, 6) is 0.361. The second-order valence-electron chi connectivity index (χ2n) is 18.0. The van der Waals surface area contributed by atoms with Crippen LogP contribution in [-0.4, -0.2) is 116 Å². The number of phenolic OH excluding ortho intramolecular Hbond substituents is 3. The molecule has 0 saturated heterocycles. The number of rotatable bonds is 17. The summed E-state index contributed by atoms with van der Waals surface area (Å²) in [6.07, 6.45) is 8.89. The van der Waals surface area contributed by atoms with Crippen LogP contribution in [0.1, 0.15) is 114 Å². The van der Waals surface area contributed by atoms with Crippen LogP contribution in [0.4, 0.5) is 0 Å². The summed E-state index contributed by atoms with van der Waals surface area (Å²) in [6, 6.07) is 15.6. The van der Waals surface area contributed by atoms with E-state index in [0.29, 0.717) is 36.3 Å². The summed E-state index contributed by atoms with van der Waals surface area (Å²) in [4.78, 5) is 45.9.